The molecule has 0 amide bonds. The van der Waals surface area contributed by atoms with Crippen LogP contribution in [-0.4, -0.2) is 30.4 Å². The minimum atomic E-state index is -5.04. The second-order valence-corrected chi connectivity index (χ2v) is 12.3. The zero-order valence-corrected chi connectivity index (χ0v) is 26.4. The normalized spacial score (nSPS) is 15.0. The van der Waals surface area contributed by atoms with E-state index in [4.69, 9.17) is 5.10 Å². The highest BCUT2D eigenvalue weighted by atomic mass is 19.4. The van der Waals surface area contributed by atoms with Crippen molar-refractivity contribution in [3.05, 3.63) is 106 Å². The summed E-state index contributed by atoms with van der Waals surface area (Å²) in [6, 6.07) is 11.7. The number of alkyl halides is 6. The number of benzene rings is 3. The largest absolute Gasteiger partial charge is 0.464 e. The molecule has 0 atom stereocenters. The predicted molar refractivity (Wildman–Crippen MR) is 165 cm³/mol. The zero-order chi connectivity index (χ0) is 34.9. The first-order valence-electron chi connectivity index (χ1n) is 15.3. The molecule has 13 heteroatoms. The number of hydrogen-bond donors (Lipinski definition) is 1. The predicted octanol–water partition coefficient (Wildman–Crippen LogP) is 9.57. The number of aromatic nitrogens is 3. The van der Waals surface area contributed by atoms with Crippen LogP contribution in [0, 0.1) is 5.82 Å². The fourth-order valence-corrected chi connectivity index (χ4v) is 6.75. The molecular weight excluding hydrogens is 641 g/mol. The molecule has 1 N–H and O–H groups in total. The third-order valence-electron chi connectivity index (χ3n) is 9.24. The van der Waals surface area contributed by atoms with Crippen LogP contribution in [0.15, 0.2) is 60.8 Å². The monoisotopic (exact) mass is 672 g/mol. The van der Waals surface area contributed by atoms with Gasteiger partial charge in [0, 0.05) is 35.8 Å². The molecule has 0 bridgehead atoms. The maximum atomic E-state index is 15.2. The van der Waals surface area contributed by atoms with Crippen molar-refractivity contribution in [2.75, 3.05) is 0 Å². The van der Waals surface area contributed by atoms with Gasteiger partial charge in [0.2, 0.25) is 0 Å². The van der Waals surface area contributed by atoms with Gasteiger partial charge in [0.1, 0.15) is 5.82 Å². The van der Waals surface area contributed by atoms with E-state index in [2.05, 4.69) is 0 Å². The third-order valence-corrected chi connectivity index (χ3v) is 9.24. The molecule has 6 nitrogen and oxygen atoms in total. The van der Waals surface area contributed by atoms with Crippen LogP contribution >= 0.6 is 0 Å². The van der Waals surface area contributed by atoms with Gasteiger partial charge in [-0.05, 0) is 73.7 Å². The van der Waals surface area contributed by atoms with Crippen LogP contribution < -0.4 is 0 Å². The standard InChI is InChI=1S/C35H31F7N4O2/c1-5-19-8-7-9-20(6-2)28(19)46-29(23-12-13-27(36)30-24(23)14-15-45(30)32(47)48)25-18-44(33(3,4)31(25)43-46)17-21-10-11-22(34(37,38)39)16-26(21)35(40,41)42/h7-16H,5-6,17-18H2,1-4H3,(H,47,48). The molecule has 252 valence electrons. The molecule has 0 fully saturated rings. The average molecular weight is 673 g/mol. The number of aryl methyl sites for hydroxylation is 2. The van der Waals surface area contributed by atoms with Crippen LogP contribution in [-0.2, 0) is 43.8 Å². The molecule has 5 aromatic rings. The van der Waals surface area contributed by atoms with E-state index in [1.54, 1.807) is 23.4 Å². The smallest absolute Gasteiger partial charge is 0.416 e. The summed E-state index contributed by atoms with van der Waals surface area (Å²) in [6.07, 6.45) is -8.83. The Hall–Kier alpha value is -4.65. The zero-order valence-electron chi connectivity index (χ0n) is 26.4. The van der Waals surface area contributed by atoms with Gasteiger partial charge in [-0.15, -0.1) is 0 Å². The van der Waals surface area contributed by atoms with Crippen molar-refractivity contribution in [1.29, 1.82) is 0 Å². The highest BCUT2D eigenvalue weighted by Gasteiger charge is 2.45. The first-order chi connectivity index (χ1) is 22.5. The van der Waals surface area contributed by atoms with Crippen molar-refractivity contribution in [2.24, 2.45) is 0 Å². The minimum absolute atomic E-state index is 0.0598. The molecule has 1 aliphatic rings. The Labute approximate surface area is 271 Å². The molecule has 1 aliphatic heterocycles. The molecule has 3 heterocycles. The van der Waals surface area contributed by atoms with Gasteiger partial charge in [-0.3, -0.25) is 4.90 Å². The SMILES string of the molecule is CCc1cccc(CC)c1-n1nc2c(c1-c1ccc(F)c3c1ccn3C(=O)O)CN(Cc1ccc(C(F)(F)F)cc1C(F)(F)F)C2(C)C. The third kappa shape index (κ3) is 5.33. The fraction of sp³-hybridized carbons (Fsp3) is 0.314. The molecule has 3 aromatic carbocycles. The number of halogens is 7. The van der Waals surface area contributed by atoms with Gasteiger partial charge in [0.15, 0.2) is 0 Å². The summed E-state index contributed by atoms with van der Waals surface area (Å²) >= 11 is 0. The average Bonchev–Trinajstić information content (AvgIpc) is 3.69. The van der Waals surface area contributed by atoms with Crippen molar-refractivity contribution in [3.63, 3.8) is 0 Å². The van der Waals surface area contributed by atoms with Gasteiger partial charge in [-0.1, -0.05) is 38.1 Å². The quantitative estimate of drug-likeness (QED) is 0.183. The van der Waals surface area contributed by atoms with Crippen molar-refractivity contribution in [2.45, 2.75) is 71.5 Å². The summed E-state index contributed by atoms with van der Waals surface area (Å²) < 4.78 is 100. The van der Waals surface area contributed by atoms with Crippen LogP contribution in [0.2, 0.25) is 0 Å². The second kappa shape index (κ2) is 11.5. The molecule has 0 saturated heterocycles. The molecule has 2 aromatic heterocycles. The van der Waals surface area contributed by atoms with Crippen LogP contribution in [0.5, 0.6) is 0 Å². The van der Waals surface area contributed by atoms with Crippen molar-refractivity contribution >= 4 is 17.0 Å². The number of carboxylic acid groups (broad SMARTS) is 1. The number of fused-ring (bicyclic) bond motifs is 2. The maximum Gasteiger partial charge on any atom is 0.416 e. The topological polar surface area (TPSA) is 63.3 Å². The van der Waals surface area contributed by atoms with E-state index in [-0.39, 0.29) is 30.2 Å². The van der Waals surface area contributed by atoms with E-state index in [0.29, 0.717) is 46.8 Å². The van der Waals surface area contributed by atoms with E-state index in [1.165, 1.54) is 24.4 Å². The van der Waals surface area contributed by atoms with Crippen LogP contribution in [0.4, 0.5) is 35.5 Å². The van der Waals surface area contributed by atoms with Crippen LogP contribution in [0.25, 0.3) is 27.8 Å². The lowest BCUT2D eigenvalue weighted by Crippen LogP contribution is -2.36. The fourth-order valence-electron chi connectivity index (χ4n) is 6.75. The lowest BCUT2D eigenvalue weighted by Gasteiger charge is -2.33. The molecular formula is C35H31F7N4O2. The van der Waals surface area contributed by atoms with Crippen LogP contribution in [0.3, 0.4) is 0 Å². The van der Waals surface area contributed by atoms with E-state index < -0.39 is 40.9 Å². The highest BCUT2D eigenvalue weighted by Crippen LogP contribution is 2.47. The van der Waals surface area contributed by atoms with Gasteiger partial charge < -0.3 is 5.11 Å². The molecule has 6 rings (SSSR count). The van der Waals surface area contributed by atoms with E-state index in [9.17, 15) is 36.2 Å². The number of hydrogen-bond acceptors (Lipinski definition) is 3. The van der Waals surface area contributed by atoms with Crippen molar-refractivity contribution < 1.29 is 40.6 Å². The number of nitrogens with zero attached hydrogens (tertiary/aromatic N) is 4. The summed E-state index contributed by atoms with van der Waals surface area (Å²) in [7, 11) is 0. The van der Waals surface area contributed by atoms with Gasteiger partial charge in [0.05, 0.1) is 39.3 Å². The van der Waals surface area contributed by atoms with Crippen molar-refractivity contribution in [1.82, 2.24) is 19.2 Å². The Balaban J connectivity index is 1.58. The highest BCUT2D eigenvalue weighted by molar-refractivity contribution is 5.99. The molecule has 48 heavy (non-hydrogen) atoms. The Morgan fingerprint density at radius 1 is 0.917 bits per heavy atom. The minimum Gasteiger partial charge on any atom is -0.464 e. The number of carbonyl (C=O) groups is 1. The molecule has 0 radical (unpaired) electrons. The second-order valence-electron chi connectivity index (χ2n) is 12.3. The summed E-state index contributed by atoms with van der Waals surface area (Å²) in [6.45, 7) is 7.27. The first-order valence-corrected chi connectivity index (χ1v) is 15.3. The maximum absolute atomic E-state index is 15.2. The Morgan fingerprint density at radius 2 is 1.58 bits per heavy atom. The Bertz CT molecular complexity index is 2050. The Morgan fingerprint density at radius 3 is 2.17 bits per heavy atom. The molecule has 0 aliphatic carbocycles. The van der Waals surface area contributed by atoms with E-state index >= 15 is 4.39 Å². The van der Waals surface area contributed by atoms with Gasteiger partial charge >= 0.3 is 18.4 Å². The first kappa shape index (κ1) is 33.3. The van der Waals surface area contributed by atoms with Gasteiger partial charge in [-0.25, -0.2) is 18.4 Å². The van der Waals surface area contributed by atoms with Gasteiger partial charge in [-0.2, -0.15) is 31.4 Å². The number of rotatable bonds is 6. The Kier molecular flexibility index (Phi) is 7.97. The van der Waals surface area contributed by atoms with Gasteiger partial charge in [0.25, 0.3) is 0 Å². The summed E-state index contributed by atoms with van der Waals surface area (Å²) in [5.41, 5.74) is 0.630. The van der Waals surface area contributed by atoms with E-state index in [0.717, 1.165) is 27.4 Å². The van der Waals surface area contributed by atoms with Crippen molar-refractivity contribution in [3.8, 4) is 16.9 Å². The summed E-state index contributed by atoms with van der Waals surface area (Å²) in [5.74, 6) is -0.754. The lowest BCUT2D eigenvalue weighted by atomic mass is 9.96. The van der Waals surface area contributed by atoms with Crippen LogP contribution in [0.1, 0.15) is 66.8 Å². The number of para-hydroxylation sites is 1. The molecule has 0 unspecified atom stereocenters. The molecule has 0 saturated carbocycles. The summed E-state index contributed by atoms with van der Waals surface area (Å²) in [4.78, 5) is 13.7. The molecule has 0 spiro atoms. The van der Waals surface area contributed by atoms with E-state index in [1.807, 2.05) is 32.0 Å². The summed E-state index contributed by atoms with van der Waals surface area (Å²) in [5, 5.41) is 15.1. The lowest BCUT2D eigenvalue weighted by molar-refractivity contribution is -0.143.